The first-order valence-electron chi connectivity index (χ1n) is 7.71. The van der Waals surface area contributed by atoms with E-state index in [1.54, 1.807) is 0 Å². The average molecular weight is 386 g/mol. The van der Waals surface area contributed by atoms with Crippen molar-refractivity contribution in [3.05, 3.63) is 47.0 Å². The lowest BCUT2D eigenvalue weighted by Gasteiger charge is -2.30. The molecule has 0 spiro atoms. The van der Waals surface area contributed by atoms with Crippen molar-refractivity contribution in [2.75, 3.05) is 0 Å². The maximum atomic E-state index is 12.5. The summed E-state index contributed by atoms with van der Waals surface area (Å²) < 4.78 is 16.6. The molecular weight excluding hydrogens is 358 g/mol. The molecule has 1 aromatic rings. The molecule has 3 atom stereocenters. The summed E-state index contributed by atoms with van der Waals surface area (Å²) in [4.78, 5) is 0. The summed E-state index contributed by atoms with van der Waals surface area (Å²) in [6, 6.07) is 8.40. The van der Waals surface area contributed by atoms with Crippen molar-refractivity contribution in [3.63, 3.8) is 0 Å². The lowest BCUT2D eigenvalue weighted by atomic mass is 9.87. The minimum atomic E-state index is -1.09. The minimum absolute atomic E-state index is 0.110. The molecular formula is C18H28BrNOS. The van der Waals surface area contributed by atoms with Crippen molar-refractivity contribution in [1.29, 1.82) is 0 Å². The monoisotopic (exact) mass is 385 g/mol. The van der Waals surface area contributed by atoms with Crippen molar-refractivity contribution in [2.24, 2.45) is 5.92 Å². The molecule has 22 heavy (non-hydrogen) atoms. The Morgan fingerprint density at radius 1 is 1.27 bits per heavy atom. The van der Waals surface area contributed by atoms with E-state index in [1.807, 2.05) is 39.0 Å². The molecule has 0 fully saturated rings. The zero-order chi connectivity index (χ0) is 16.9. The third-order valence-corrected chi connectivity index (χ3v) is 5.64. The Morgan fingerprint density at radius 2 is 1.82 bits per heavy atom. The molecule has 4 heteroatoms. The fourth-order valence-corrected chi connectivity index (χ4v) is 3.44. The molecule has 1 N–H and O–H groups in total. The third-order valence-electron chi connectivity index (χ3n) is 3.48. The highest BCUT2D eigenvalue weighted by Gasteiger charge is 2.27. The number of nitrogens with one attached hydrogen (secondary N) is 1. The smallest absolute Gasteiger partial charge is 0.0973 e. The van der Waals surface area contributed by atoms with Gasteiger partial charge in [-0.15, -0.1) is 6.58 Å². The summed E-state index contributed by atoms with van der Waals surface area (Å²) in [6.07, 6.45) is 2.91. The lowest BCUT2D eigenvalue weighted by Crippen LogP contribution is -2.43. The highest BCUT2D eigenvalue weighted by Crippen LogP contribution is 2.27. The standard InChI is InChI=1S/C18H28BrNOS/c1-7-16(14-8-10-15(19)11-9-14)17(12-13(2)3)20-22(21)18(4,5)6/h7-11,13,16-17,20H,1,12H2,2-6H3/t16-,17+,22?/m0/s1. The zero-order valence-corrected chi connectivity index (χ0v) is 16.6. The molecule has 0 saturated heterocycles. The molecule has 0 saturated carbocycles. The minimum Gasteiger partial charge on any atom is -0.242 e. The summed E-state index contributed by atoms with van der Waals surface area (Å²) in [7, 11) is -1.09. The molecule has 0 amide bonds. The van der Waals surface area contributed by atoms with Crippen LogP contribution in [0.25, 0.3) is 0 Å². The first-order valence-corrected chi connectivity index (χ1v) is 9.65. The van der Waals surface area contributed by atoms with Gasteiger partial charge < -0.3 is 0 Å². The first kappa shape index (κ1) is 19.6. The van der Waals surface area contributed by atoms with Gasteiger partial charge >= 0.3 is 0 Å². The Morgan fingerprint density at radius 3 is 2.23 bits per heavy atom. The van der Waals surface area contributed by atoms with E-state index in [-0.39, 0.29) is 16.7 Å². The van der Waals surface area contributed by atoms with Crippen molar-refractivity contribution in [1.82, 2.24) is 4.72 Å². The third kappa shape index (κ3) is 5.98. The van der Waals surface area contributed by atoms with E-state index < -0.39 is 11.0 Å². The Kier molecular flexibility index (Phi) is 7.50. The van der Waals surface area contributed by atoms with Crippen LogP contribution in [0.5, 0.6) is 0 Å². The maximum Gasteiger partial charge on any atom is 0.0973 e. The van der Waals surface area contributed by atoms with Crippen LogP contribution >= 0.6 is 15.9 Å². The molecule has 0 aliphatic heterocycles. The highest BCUT2D eigenvalue weighted by molar-refractivity contribution is 9.10. The molecule has 1 unspecified atom stereocenters. The van der Waals surface area contributed by atoms with E-state index in [0.717, 1.165) is 10.9 Å². The summed E-state index contributed by atoms with van der Waals surface area (Å²) in [5.74, 6) is 0.661. The van der Waals surface area contributed by atoms with Gasteiger partial charge in [-0.3, -0.25) is 0 Å². The number of halogens is 1. The quantitative estimate of drug-likeness (QED) is 0.643. The largest absolute Gasteiger partial charge is 0.242 e. The van der Waals surface area contributed by atoms with Crippen molar-refractivity contribution < 1.29 is 4.21 Å². The van der Waals surface area contributed by atoms with Crippen LogP contribution in [0.4, 0.5) is 0 Å². The van der Waals surface area contributed by atoms with E-state index in [9.17, 15) is 4.21 Å². The van der Waals surface area contributed by atoms with Crippen LogP contribution in [-0.2, 0) is 11.0 Å². The van der Waals surface area contributed by atoms with Gasteiger partial charge in [0.2, 0.25) is 0 Å². The van der Waals surface area contributed by atoms with E-state index in [2.05, 4.69) is 53.2 Å². The predicted molar refractivity (Wildman–Crippen MR) is 101 cm³/mol. The number of hydrogen-bond donors (Lipinski definition) is 1. The van der Waals surface area contributed by atoms with Gasteiger partial charge in [-0.2, -0.15) is 0 Å². The van der Waals surface area contributed by atoms with E-state index >= 15 is 0 Å². The van der Waals surface area contributed by atoms with Crippen LogP contribution in [-0.4, -0.2) is 15.0 Å². The molecule has 1 rings (SSSR count). The summed E-state index contributed by atoms with van der Waals surface area (Å²) in [5, 5.41) is 0. The number of hydrogen-bond acceptors (Lipinski definition) is 1. The molecule has 0 bridgehead atoms. The topological polar surface area (TPSA) is 29.1 Å². The second-order valence-corrected chi connectivity index (χ2v) is 9.96. The molecule has 124 valence electrons. The Labute approximate surface area is 146 Å². The van der Waals surface area contributed by atoms with Gasteiger partial charge in [-0.25, -0.2) is 8.93 Å². The fraction of sp³-hybridized carbons (Fsp3) is 0.556. The second kappa shape index (κ2) is 8.42. The molecule has 1 aromatic carbocycles. The van der Waals surface area contributed by atoms with Gasteiger partial charge in [0.1, 0.15) is 0 Å². The summed E-state index contributed by atoms with van der Waals surface area (Å²) >= 11 is 3.47. The summed E-state index contributed by atoms with van der Waals surface area (Å²) in [6.45, 7) is 14.4. The Balaban J connectivity index is 3.04. The van der Waals surface area contributed by atoms with Gasteiger partial charge in [0.25, 0.3) is 0 Å². The Bertz CT molecular complexity index is 505. The van der Waals surface area contributed by atoms with Gasteiger partial charge in [0.15, 0.2) is 0 Å². The fourth-order valence-electron chi connectivity index (χ4n) is 2.31. The van der Waals surface area contributed by atoms with Crippen LogP contribution in [0.1, 0.15) is 52.5 Å². The number of benzene rings is 1. The SMILES string of the molecule is C=C[C@@H](c1ccc(Br)cc1)[C@@H](CC(C)C)NS(=O)C(C)(C)C. The molecule has 0 heterocycles. The molecule has 0 aromatic heterocycles. The van der Waals surface area contributed by atoms with Gasteiger partial charge in [0, 0.05) is 16.4 Å². The van der Waals surface area contributed by atoms with E-state index in [4.69, 9.17) is 0 Å². The van der Waals surface area contributed by atoms with Crippen LogP contribution < -0.4 is 4.72 Å². The van der Waals surface area contributed by atoms with E-state index in [0.29, 0.717) is 5.92 Å². The van der Waals surface area contributed by atoms with Gasteiger partial charge in [0.05, 0.1) is 15.7 Å². The summed E-state index contributed by atoms with van der Waals surface area (Å²) in [5.41, 5.74) is 1.20. The Hall–Kier alpha value is -0.450. The number of rotatable bonds is 7. The van der Waals surface area contributed by atoms with Crippen LogP contribution in [0, 0.1) is 5.92 Å². The van der Waals surface area contributed by atoms with Crippen LogP contribution in [0.15, 0.2) is 41.4 Å². The van der Waals surface area contributed by atoms with Crippen molar-refractivity contribution in [2.45, 2.75) is 57.7 Å². The highest BCUT2D eigenvalue weighted by atomic mass is 79.9. The van der Waals surface area contributed by atoms with Crippen molar-refractivity contribution >= 4 is 26.9 Å². The normalized spacial score (nSPS) is 16.3. The lowest BCUT2D eigenvalue weighted by molar-refractivity contribution is 0.440. The van der Waals surface area contributed by atoms with Gasteiger partial charge in [-0.05, 0) is 50.8 Å². The molecule has 0 aliphatic carbocycles. The zero-order valence-electron chi connectivity index (χ0n) is 14.2. The second-order valence-electron chi connectivity index (χ2n) is 7.05. The van der Waals surface area contributed by atoms with Gasteiger partial charge in [-0.1, -0.05) is 48.0 Å². The first-order chi connectivity index (χ1) is 10.1. The molecule has 0 aliphatic rings. The average Bonchev–Trinajstić information content (AvgIpc) is 2.39. The molecule has 0 radical (unpaired) electrons. The van der Waals surface area contributed by atoms with E-state index in [1.165, 1.54) is 5.56 Å². The maximum absolute atomic E-state index is 12.5. The van der Waals surface area contributed by atoms with Crippen molar-refractivity contribution in [3.8, 4) is 0 Å². The van der Waals surface area contributed by atoms with Crippen LogP contribution in [0.3, 0.4) is 0 Å². The molecule has 2 nitrogen and oxygen atoms in total. The predicted octanol–water partition coefficient (Wildman–Crippen LogP) is 5.19. The van der Waals surface area contributed by atoms with Crippen LogP contribution in [0.2, 0.25) is 0 Å².